The maximum Gasteiger partial charge on any atom is 0.249 e. The van der Waals surface area contributed by atoms with Crippen molar-refractivity contribution >= 4 is 5.91 Å². The molecule has 0 aromatic carbocycles. The Balaban J connectivity index is 2.37. The number of nitrogens with two attached hydrogens (primary N) is 1. The van der Waals surface area contributed by atoms with E-state index in [1.807, 2.05) is 13.8 Å². The third kappa shape index (κ3) is 4.07. The van der Waals surface area contributed by atoms with Crippen molar-refractivity contribution in [3.63, 3.8) is 0 Å². The van der Waals surface area contributed by atoms with E-state index in [2.05, 4.69) is 5.32 Å². The van der Waals surface area contributed by atoms with Gasteiger partial charge in [-0.2, -0.15) is 0 Å². The van der Waals surface area contributed by atoms with Crippen molar-refractivity contribution in [3.8, 4) is 0 Å². The molecule has 14 heavy (non-hydrogen) atoms. The number of rotatable bonds is 3. The number of carbonyl (C=O) groups excluding carboxylic acids is 1. The molecule has 0 radical (unpaired) electrons. The highest BCUT2D eigenvalue weighted by atomic mass is 16.5. The highest BCUT2D eigenvalue weighted by Crippen LogP contribution is 2.10. The highest BCUT2D eigenvalue weighted by Gasteiger charge is 2.23. The number of carbonyl (C=O) groups is 1. The van der Waals surface area contributed by atoms with Gasteiger partial charge in [0.15, 0.2) is 0 Å². The molecule has 1 amide bonds. The van der Waals surface area contributed by atoms with E-state index in [9.17, 15) is 4.79 Å². The molecule has 1 heterocycles. The van der Waals surface area contributed by atoms with Gasteiger partial charge in [0.2, 0.25) is 5.91 Å². The predicted octanol–water partition coefficient (Wildman–Crippen LogP) is 0.409. The van der Waals surface area contributed by atoms with Crippen molar-refractivity contribution in [2.75, 3.05) is 13.2 Å². The SMILES string of the molecule is CC(C)(N)COC1CCCCNC1=O. The second-order valence-corrected chi connectivity index (χ2v) is 4.58. The Morgan fingerprint density at radius 2 is 2.29 bits per heavy atom. The quantitative estimate of drug-likeness (QED) is 0.693. The van der Waals surface area contributed by atoms with Crippen LogP contribution in [-0.4, -0.2) is 30.7 Å². The van der Waals surface area contributed by atoms with Gasteiger partial charge in [-0.05, 0) is 33.1 Å². The predicted molar refractivity (Wildman–Crippen MR) is 54.9 cm³/mol. The fourth-order valence-electron chi connectivity index (χ4n) is 1.39. The lowest BCUT2D eigenvalue weighted by molar-refractivity contribution is -0.133. The lowest BCUT2D eigenvalue weighted by Gasteiger charge is -2.22. The van der Waals surface area contributed by atoms with E-state index in [1.54, 1.807) is 0 Å². The van der Waals surface area contributed by atoms with E-state index in [4.69, 9.17) is 10.5 Å². The summed E-state index contributed by atoms with van der Waals surface area (Å²) >= 11 is 0. The van der Waals surface area contributed by atoms with Crippen molar-refractivity contribution in [1.82, 2.24) is 5.32 Å². The van der Waals surface area contributed by atoms with Crippen LogP contribution in [0.5, 0.6) is 0 Å². The molecule has 1 saturated heterocycles. The van der Waals surface area contributed by atoms with Gasteiger partial charge in [0, 0.05) is 12.1 Å². The van der Waals surface area contributed by atoms with Gasteiger partial charge in [-0.3, -0.25) is 4.79 Å². The van der Waals surface area contributed by atoms with Crippen molar-refractivity contribution in [1.29, 1.82) is 0 Å². The second-order valence-electron chi connectivity index (χ2n) is 4.58. The third-order valence-electron chi connectivity index (χ3n) is 2.14. The van der Waals surface area contributed by atoms with Crippen LogP contribution in [-0.2, 0) is 9.53 Å². The van der Waals surface area contributed by atoms with Crippen LogP contribution in [0.25, 0.3) is 0 Å². The van der Waals surface area contributed by atoms with Crippen molar-refractivity contribution in [2.24, 2.45) is 5.73 Å². The van der Waals surface area contributed by atoms with Crippen LogP contribution < -0.4 is 11.1 Å². The Kier molecular flexibility index (Phi) is 3.89. The van der Waals surface area contributed by atoms with Crippen molar-refractivity contribution < 1.29 is 9.53 Å². The molecule has 1 aliphatic heterocycles. The zero-order valence-corrected chi connectivity index (χ0v) is 9.01. The first-order valence-corrected chi connectivity index (χ1v) is 5.17. The van der Waals surface area contributed by atoms with Gasteiger partial charge in [0.25, 0.3) is 0 Å². The fraction of sp³-hybridized carbons (Fsp3) is 0.900. The summed E-state index contributed by atoms with van der Waals surface area (Å²) in [5.41, 5.74) is 5.41. The average Bonchev–Trinajstić information content (AvgIpc) is 2.25. The molecule has 0 bridgehead atoms. The first-order valence-electron chi connectivity index (χ1n) is 5.17. The third-order valence-corrected chi connectivity index (χ3v) is 2.14. The Bertz CT molecular complexity index is 199. The van der Waals surface area contributed by atoms with Gasteiger partial charge < -0.3 is 15.8 Å². The summed E-state index contributed by atoms with van der Waals surface area (Å²) in [6.45, 7) is 4.97. The van der Waals surface area contributed by atoms with Crippen LogP contribution in [0.15, 0.2) is 0 Å². The van der Waals surface area contributed by atoms with Gasteiger partial charge in [-0.25, -0.2) is 0 Å². The Hall–Kier alpha value is -0.610. The standard InChI is InChI=1S/C10H20N2O2/c1-10(2,11)7-14-8-5-3-4-6-12-9(8)13/h8H,3-7,11H2,1-2H3,(H,12,13). The van der Waals surface area contributed by atoms with E-state index >= 15 is 0 Å². The number of nitrogens with one attached hydrogen (secondary N) is 1. The van der Waals surface area contributed by atoms with Gasteiger partial charge in [0.1, 0.15) is 6.10 Å². The molecule has 0 spiro atoms. The van der Waals surface area contributed by atoms with E-state index in [1.165, 1.54) is 0 Å². The number of hydrogen-bond donors (Lipinski definition) is 2. The molecule has 1 fully saturated rings. The van der Waals surface area contributed by atoms with Crippen LogP contribution in [0.2, 0.25) is 0 Å². The average molecular weight is 200 g/mol. The monoisotopic (exact) mass is 200 g/mol. The first-order chi connectivity index (χ1) is 6.49. The summed E-state index contributed by atoms with van der Waals surface area (Å²) in [5.74, 6) is 0.00625. The van der Waals surface area contributed by atoms with Gasteiger partial charge >= 0.3 is 0 Å². The summed E-state index contributed by atoms with van der Waals surface area (Å²) in [7, 11) is 0. The topological polar surface area (TPSA) is 64.3 Å². The Morgan fingerprint density at radius 1 is 1.57 bits per heavy atom. The van der Waals surface area contributed by atoms with Crippen LogP contribution in [0.3, 0.4) is 0 Å². The zero-order valence-electron chi connectivity index (χ0n) is 9.01. The van der Waals surface area contributed by atoms with E-state index in [0.717, 1.165) is 25.8 Å². The number of amides is 1. The maximum atomic E-state index is 11.5. The molecular weight excluding hydrogens is 180 g/mol. The molecule has 0 aromatic rings. The van der Waals surface area contributed by atoms with Crippen molar-refractivity contribution in [2.45, 2.75) is 44.8 Å². The van der Waals surface area contributed by atoms with Crippen molar-refractivity contribution in [3.05, 3.63) is 0 Å². The molecule has 4 nitrogen and oxygen atoms in total. The molecule has 3 N–H and O–H groups in total. The summed E-state index contributed by atoms with van der Waals surface area (Å²) < 4.78 is 5.50. The maximum absolute atomic E-state index is 11.5. The lowest BCUT2D eigenvalue weighted by Crippen LogP contribution is -2.42. The fourth-order valence-corrected chi connectivity index (χ4v) is 1.39. The minimum Gasteiger partial charge on any atom is -0.367 e. The summed E-state index contributed by atoms with van der Waals surface area (Å²) in [5, 5.41) is 2.83. The molecule has 1 rings (SSSR count). The minimum absolute atomic E-state index is 0.00625. The Morgan fingerprint density at radius 3 is 2.93 bits per heavy atom. The largest absolute Gasteiger partial charge is 0.367 e. The van der Waals surface area contributed by atoms with Crippen LogP contribution >= 0.6 is 0 Å². The second kappa shape index (κ2) is 4.75. The molecule has 1 unspecified atom stereocenters. The smallest absolute Gasteiger partial charge is 0.249 e. The zero-order chi connectivity index (χ0) is 10.6. The lowest BCUT2D eigenvalue weighted by atomic mass is 10.1. The van der Waals surface area contributed by atoms with Gasteiger partial charge in [0.05, 0.1) is 6.61 Å². The summed E-state index contributed by atoms with van der Waals surface area (Å²) in [4.78, 5) is 11.5. The molecular formula is C10H20N2O2. The number of ether oxygens (including phenoxy) is 1. The van der Waals surface area contributed by atoms with E-state index < -0.39 is 0 Å². The summed E-state index contributed by atoms with van der Waals surface area (Å²) in [6, 6.07) is 0. The van der Waals surface area contributed by atoms with Gasteiger partial charge in [-0.15, -0.1) is 0 Å². The highest BCUT2D eigenvalue weighted by molar-refractivity contribution is 5.80. The first kappa shape index (κ1) is 11.5. The summed E-state index contributed by atoms with van der Waals surface area (Å²) in [6.07, 6.45) is 2.58. The van der Waals surface area contributed by atoms with E-state index in [-0.39, 0.29) is 17.6 Å². The van der Waals surface area contributed by atoms with E-state index in [0.29, 0.717) is 6.61 Å². The minimum atomic E-state index is -0.368. The molecule has 4 heteroatoms. The van der Waals surface area contributed by atoms with Crippen LogP contribution in [0.4, 0.5) is 0 Å². The van der Waals surface area contributed by atoms with Crippen LogP contribution in [0.1, 0.15) is 33.1 Å². The van der Waals surface area contributed by atoms with Gasteiger partial charge in [-0.1, -0.05) is 0 Å². The molecule has 0 aromatic heterocycles. The molecule has 1 atom stereocenters. The Labute approximate surface area is 85.2 Å². The van der Waals surface area contributed by atoms with Crippen LogP contribution in [0, 0.1) is 0 Å². The molecule has 82 valence electrons. The molecule has 0 aliphatic carbocycles. The molecule has 1 aliphatic rings. The normalized spacial score (nSPS) is 24.2. The molecule has 0 saturated carbocycles. The number of hydrogen-bond acceptors (Lipinski definition) is 3.